The van der Waals surface area contributed by atoms with Crippen molar-refractivity contribution in [1.82, 2.24) is 4.98 Å². The molecule has 0 fully saturated rings. The van der Waals surface area contributed by atoms with Crippen molar-refractivity contribution in [3.8, 4) is 11.5 Å². The van der Waals surface area contributed by atoms with Crippen molar-refractivity contribution in [2.75, 3.05) is 19.2 Å². The smallest absolute Gasteiger partial charge is 0.345 e. The summed E-state index contributed by atoms with van der Waals surface area (Å²) in [5.41, 5.74) is 2.16. The van der Waals surface area contributed by atoms with Crippen LogP contribution in [0, 0.1) is 0 Å². The van der Waals surface area contributed by atoms with Crippen LogP contribution in [0.3, 0.4) is 0 Å². The molecular formula is C21H19N3O3. The number of benzene rings is 2. The fourth-order valence-corrected chi connectivity index (χ4v) is 2.35. The topological polar surface area (TPSA) is 64.0 Å². The number of anilines is 1. The number of esters is 1. The molecule has 2 aromatic carbocycles. The van der Waals surface area contributed by atoms with Gasteiger partial charge in [0.25, 0.3) is 0 Å². The highest BCUT2D eigenvalue weighted by atomic mass is 16.6. The monoisotopic (exact) mass is 361 g/mol. The van der Waals surface area contributed by atoms with E-state index in [1.807, 2.05) is 37.4 Å². The molecular weight excluding hydrogens is 342 g/mol. The third kappa shape index (κ3) is 4.70. The lowest BCUT2D eigenvalue weighted by atomic mass is 10.2. The van der Waals surface area contributed by atoms with Crippen LogP contribution in [0.4, 0.5) is 5.69 Å². The number of aromatic nitrogens is 1. The zero-order chi connectivity index (χ0) is 19.1. The quantitative estimate of drug-likeness (QED) is 0.289. The summed E-state index contributed by atoms with van der Waals surface area (Å²) < 4.78 is 10.8. The first-order valence-electron chi connectivity index (χ1n) is 8.30. The largest absolute Gasteiger partial charge is 0.493 e. The van der Waals surface area contributed by atoms with E-state index in [1.165, 1.54) is 13.3 Å². The third-order valence-electron chi connectivity index (χ3n) is 3.80. The average Bonchev–Trinajstić information content (AvgIpc) is 2.74. The Morgan fingerprint density at radius 3 is 2.59 bits per heavy atom. The van der Waals surface area contributed by atoms with Gasteiger partial charge < -0.3 is 9.47 Å². The molecule has 0 saturated carbocycles. The van der Waals surface area contributed by atoms with E-state index in [1.54, 1.807) is 47.8 Å². The van der Waals surface area contributed by atoms with Gasteiger partial charge >= 0.3 is 5.97 Å². The Bertz CT molecular complexity index is 928. The number of ether oxygens (including phenoxy) is 2. The minimum absolute atomic E-state index is 0.333. The Kier molecular flexibility index (Phi) is 5.79. The second-order valence-corrected chi connectivity index (χ2v) is 5.65. The second-order valence-electron chi connectivity index (χ2n) is 5.65. The maximum Gasteiger partial charge on any atom is 0.345 e. The number of hydrazone groups is 1. The lowest BCUT2D eigenvalue weighted by Crippen LogP contribution is -2.10. The highest BCUT2D eigenvalue weighted by Crippen LogP contribution is 2.28. The summed E-state index contributed by atoms with van der Waals surface area (Å²) in [7, 11) is 3.39. The predicted molar refractivity (Wildman–Crippen MR) is 105 cm³/mol. The normalized spacial score (nSPS) is 10.6. The Morgan fingerprint density at radius 1 is 1.07 bits per heavy atom. The van der Waals surface area contributed by atoms with Crippen LogP contribution in [-0.2, 0) is 0 Å². The summed E-state index contributed by atoms with van der Waals surface area (Å²) in [5.74, 6) is 0.282. The molecule has 0 radical (unpaired) electrons. The van der Waals surface area contributed by atoms with Crippen molar-refractivity contribution in [1.29, 1.82) is 0 Å². The molecule has 6 heteroatoms. The van der Waals surface area contributed by atoms with E-state index in [2.05, 4.69) is 10.1 Å². The molecule has 1 aromatic heterocycles. The third-order valence-corrected chi connectivity index (χ3v) is 3.80. The average molecular weight is 361 g/mol. The maximum atomic E-state index is 12.2. The lowest BCUT2D eigenvalue weighted by Gasteiger charge is -2.13. The number of hydrogen-bond donors (Lipinski definition) is 0. The van der Waals surface area contributed by atoms with Gasteiger partial charge in [-0.1, -0.05) is 18.2 Å². The van der Waals surface area contributed by atoms with Crippen molar-refractivity contribution >= 4 is 17.9 Å². The molecule has 0 spiro atoms. The molecule has 0 atom stereocenters. The minimum atomic E-state index is -0.494. The van der Waals surface area contributed by atoms with E-state index in [0.717, 1.165) is 11.3 Å². The van der Waals surface area contributed by atoms with Crippen LogP contribution in [-0.4, -0.2) is 31.3 Å². The molecule has 0 saturated heterocycles. The van der Waals surface area contributed by atoms with Gasteiger partial charge in [0.2, 0.25) is 0 Å². The van der Waals surface area contributed by atoms with E-state index < -0.39 is 5.97 Å². The Labute approximate surface area is 157 Å². The fourth-order valence-electron chi connectivity index (χ4n) is 2.35. The summed E-state index contributed by atoms with van der Waals surface area (Å²) in [4.78, 5) is 16.1. The molecule has 0 N–H and O–H groups in total. The maximum absolute atomic E-state index is 12.2. The Balaban J connectivity index is 1.74. The summed E-state index contributed by atoms with van der Waals surface area (Å²) >= 11 is 0. The Morgan fingerprint density at radius 2 is 1.89 bits per heavy atom. The van der Waals surface area contributed by atoms with Gasteiger partial charge in [-0.3, -0.25) is 9.99 Å². The number of carbonyl (C=O) groups is 1. The van der Waals surface area contributed by atoms with E-state index in [0.29, 0.717) is 17.1 Å². The van der Waals surface area contributed by atoms with Gasteiger partial charge in [0.15, 0.2) is 11.5 Å². The van der Waals surface area contributed by atoms with Gasteiger partial charge in [0.05, 0.1) is 24.6 Å². The number of rotatable bonds is 6. The zero-order valence-corrected chi connectivity index (χ0v) is 15.1. The van der Waals surface area contributed by atoms with Crippen LogP contribution in [0.15, 0.2) is 78.2 Å². The molecule has 0 bridgehead atoms. The molecule has 0 aliphatic carbocycles. The number of pyridine rings is 1. The first-order chi connectivity index (χ1) is 13.2. The van der Waals surface area contributed by atoms with Crippen molar-refractivity contribution in [2.24, 2.45) is 5.10 Å². The van der Waals surface area contributed by atoms with Crippen LogP contribution < -0.4 is 14.5 Å². The zero-order valence-electron chi connectivity index (χ0n) is 15.1. The molecule has 3 rings (SSSR count). The summed E-state index contributed by atoms with van der Waals surface area (Å²) in [5, 5.41) is 6.18. The number of methoxy groups -OCH3 is 1. The second kappa shape index (κ2) is 8.62. The SMILES string of the molecule is COc1cc(/C=N/N(C)c2ccccc2)ccc1OC(=O)c1cccnc1. The lowest BCUT2D eigenvalue weighted by molar-refractivity contribution is 0.0729. The number of para-hydroxylation sites is 1. The molecule has 1 heterocycles. The molecule has 136 valence electrons. The summed E-state index contributed by atoms with van der Waals surface area (Å²) in [6.07, 6.45) is 4.76. The highest BCUT2D eigenvalue weighted by molar-refractivity contribution is 5.91. The van der Waals surface area contributed by atoms with Gasteiger partial charge in [-0.25, -0.2) is 4.79 Å². The van der Waals surface area contributed by atoms with Crippen LogP contribution in [0.1, 0.15) is 15.9 Å². The van der Waals surface area contributed by atoms with E-state index in [-0.39, 0.29) is 0 Å². The van der Waals surface area contributed by atoms with Crippen molar-refractivity contribution in [2.45, 2.75) is 0 Å². The molecule has 0 aliphatic heterocycles. The molecule has 3 aromatic rings. The highest BCUT2D eigenvalue weighted by Gasteiger charge is 2.12. The predicted octanol–water partition coefficient (Wildman–Crippen LogP) is 3.78. The van der Waals surface area contributed by atoms with E-state index in [9.17, 15) is 4.79 Å². The first-order valence-corrected chi connectivity index (χ1v) is 8.30. The van der Waals surface area contributed by atoms with Crippen LogP contribution in [0.2, 0.25) is 0 Å². The van der Waals surface area contributed by atoms with Crippen LogP contribution in [0.5, 0.6) is 11.5 Å². The minimum Gasteiger partial charge on any atom is -0.493 e. The van der Waals surface area contributed by atoms with E-state index >= 15 is 0 Å². The van der Waals surface area contributed by atoms with Gasteiger partial charge in [0.1, 0.15) is 0 Å². The fraction of sp³-hybridized carbons (Fsp3) is 0.0952. The van der Waals surface area contributed by atoms with Gasteiger partial charge in [-0.05, 0) is 48.0 Å². The molecule has 27 heavy (non-hydrogen) atoms. The van der Waals surface area contributed by atoms with Gasteiger partial charge in [-0.15, -0.1) is 0 Å². The van der Waals surface area contributed by atoms with Crippen LogP contribution >= 0.6 is 0 Å². The number of nitrogens with zero attached hydrogens (tertiary/aromatic N) is 3. The summed E-state index contributed by atoms with van der Waals surface area (Å²) in [6.45, 7) is 0. The number of hydrogen-bond acceptors (Lipinski definition) is 6. The number of carbonyl (C=O) groups excluding carboxylic acids is 1. The van der Waals surface area contributed by atoms with Crippen molar-refractivity contribution in [3.05, 3.63) is 84.2 Å². The van der Waals surface area contributed by atoms with Crippen LogP contribution in [0.25, 0.3) is 0 Å². The summed E-state index contributed by atoms with van der Waals surface area (Å²) in [6, 6.07) is 18.4. The standard InChI is InChI=1S/C21H19N3O3/c1-24(18-8-4-3-5-9-18)23-14-16-10-11-19(20(13-16)26-2)27-21(25)17-7-6-12-22-15-17/h3-15H,1-2H3/b23-14+. The molecule has 0 amide bonds. The molecule has 0 unspecified atom stereocenters. The van der Waals surface area contributed by atoms with Gasteiger partial charge in [-0.2, -0.15) is 5.10 Å². The van der Waals surface area contributed by atoms with Gasteiger partial charge in [0, 0.05) is 19.4 Å². The first kappa shape index (κ1) is 18.1. The van der Waals surface area contributed by atoms with Crippen molar-refractivity contribution < 1.29 is 14.3 Å². The molecule has 0 aliphatic rings. The Hall–Kier alpha value is -3.67. The molecule has 6 nitrogen and oxygen atoms in total. The van der Waals surface area contributed by atoms with Crippen molar-refractivity contribution in [3.63, 3.8) is 0 Å². The van der Waals surface area contributed by atoms with E-state index in [4.69, 9.17) is 9.47 Å².